The number of ether oxygens (including phenoxy) is 2. The molecule has 6 nitrogen and oxygen atoms in total. The molecule has 0 bridgehead atoms. The van der Waals surface area contributed by atoms with Gasteiger partial charge in [0.1, 0.15) is 12.7 Å². The Hall–Kier alpha value is -2.54. The van der Waals surface area contributed by atoms with E-state index in [2.05, 4.69) is 10.3 Å². The summed E-state index contributed by atoms with van der Waals surface area (Å²) in [5, 5.41) is 4.84. The highest BCUT2D eigenvalue weighted by Crippen LogP contribution is 2.30. The van der Waals surface area contributed by atoms with Crippen LogP contribution in [0.15, 0.2) is 42.0 Å². The van der Waals surface area contributed by atoms with Gasteiger partial charge in [0.15, 0.2) is 16.5 Å². The van der Waals surface area contributed by atoms with E-state index in [0.717, 1.165) is 16.4 Å². The van der Waals surface area contributed by atoms with Gasteiger partial charge in [-0.2, -0.15) is 0 Å². The molecule has 0 aliphatic carbocycles. The maximum Gasteiger partial charge on any atom is 0.226 e. The second-order valence-corrected chi connectivity index (χ2v) is 6.18. The van der Waals surface area contributed by atoms with Crippen LogP contribution in [0.25, 0.3) is 4.96 Å². The molecular formula is C16H15N3O3S. The topological polar surface area (TPSA) is 64.9 Å². The van der Waals surface area contributed by atoms with Crippen molar-refractivity contribution in [2.24, 2.45) is 0 Å². The first-order chi connectivity index (χ1) is 11.3. The van der Waals surface area contributed by atoms with Crippen molar-refractivity contribution in [3.05, 3.63) is 47.7 Å². The van der Waals surface area contributed by atoms with E-state index in [1.165, 1.54) is 0 Å². The summed E-state index contributed by atoms with van der Waals surface area (Å²) in [5.41, 5.74) is 0.764. The van der Waals surface area contributed by atoms with Gasteiger partial charge in [-0.05, 0) is 12.1 Å². The van der Waals surface area contributed by atoms with Crippen LogP contribution < -0.4 is 14.8 Å². The largest absolute Gasteiger partial charge is 0.486 e. The first-order valence-electron chi connectivity index (χ1n) is 7.34. The molecule has 1 aliphatic heterocycles. The van der Waals surface area contributed by atoms with Crippen LogP contribution >= 0.6 is 11.3 Å². The number of carbonyl (C=O) groups is 1. The number of nitrogens with one attached hydrogen (secondary N) is 1. The van der Waals surface area contributed by atoms with Crippen LogP contribution in [-0.4, -0.2) is 34.5 Å². The number of carbonyl (C=O) groups excluding carboxylic acids is 1. The Morgan fingerprint density at radius 1 is 1.39 bits per heavy atom. The van der Waals surface area contributed by atoms with Crippen molar-refractivity contribution < 1.29 is 14.3 Å². The van der Waals surface area contributed by atoms with Crippen molar-refractivity contribution in [3.8, 4) is 11.5 Å². The maximum absolute atomic E-state index is 12.0. The molecular weight excluding hydrogens is 314 g/mol. The van der Waals surface area contributed by atoms with Gasteiger partial charge in [-0.25, -0.2) is 4.98 Å². The minimum Gasteiger partial charge on any atom is -0.486 e. The molecule has 1 unspecified atom stereocenters. The van der Waals surface area contributed by atoms with Crippen molar-refractivity contribution in [1.29, 1.82) is 0 Å². The van der Waals surface area contributed by atoms with Crippen molar-refractivity contribution in [1.82, 2.24) is 14.7 Å². The summed E-state index contributed by atoms with van der Waals surface area (Å²) in [5.74, 6) is 1.39. The molecule has 0 fully saturated rings. The number of imidazole rings is 1. The molecule has 1 aliphatic rings. The first-order valence-corrected chi connectivity index (χ1v) is 8.22. The van der Waals surface area contributed by atoms with Crippen LogP contribution in [0.1, 0.15) is 5.69 Å². The molecule has 2 aromatic heterocycles. The lowest BCUT2D eigenvalue weighted by molar-refractivity contribution is -0.121. The lowest BCUT2D eigenvalue weighted by Gasteiger charge is -2.26. The van der Waals surface area contributed by atoms with Crippen molar-refractivity contribution in [2.45, 2.75) is 12.5 Å². The normalized spacial score (nSPS) is 16.4. The van der Waals surface area contributed by atoms with Gasteiger partial charge in [-0.3, -0.25) is 9.20 Å². The molecule has 0 spiro atoms. The summed E-state index contributed by atoms with van der Waals surface area (Å²) in [6.45, 7) is 0.840. The van der Waals surface area contributed by atoms with E-state index in [1.807, 2.05) is 46.4 Å². The summed E-state index contributed by atoms with van der Waals surface area (Å²) in [4.78, 5) is 17.3. The van der Waals surface area contributed by atoms with Gasteiger partial charge in [0.05, 0.1) is 18.7 Å². The van der Waals surface area contributed by atoms with Crippen LogP contribution in [0, 0.1) is 0 Å². The molecule has 118 valence electrons. The quantitative estimate of drug-likeness (QED) is 0.794. The third-order valence-electron chi connectivity index (χ3n) is 3.58. The number of hydrogen-bond donors (Lipinski definition) is 1. The zero-order valence-corrected chi connectivity index (χ0v) is 13.1. The van der Waals surface area contributed by atoms with Crippen molar-refractivity contribution >= 4 is 22.2 Å². The van der Waals surface area contributed by atoms with E-state index >= 15 is 0 Å². The molecule has 3 heterocycles. The Morgan fingerprint density at radius 2 is 2.26 bits per heavy atom. The summed E-state index contributed by atoms with van der Waals surface area (Å²) in [6, 6.07) is 7.53. The van der Waals surface area contributed by atoms with E-state index in [9.17, 15) is 4.79 Å². The number of para-hydroxylation sites is 2. The summed E-state index contributed by atoms with van der Waals surface area (Å²) in [7, 11) is 0. The number of aromatic nitrogens is 2. The highest BCUT2D eigenvalue weighted by Gasteiger charge is 2.21. The molecule has 3 aromatic rings. The number of nitrogens with zero attached hydrogens (tertiary/aromatic N) is 2. The van der Waals surface area contributed by atoms with Gasteiger partial charge < -0.3 is 14.8 Å². The molecule has 1 N–H and O–H groups in total. The monoisotopic (exact) mass is 329 g/mol. The van der Waals surface area contributed by atoms with Gasteiger partial charge in [0.2, 0.25) is 5.91 Å². The van der Waals surface area contributed by atoms with Gasteiger partial charge in [-0.1, -0.05) is 12.1 Å². The third kappa shape index (κ3) is 3.00. The van der Waals surface area contributed by atoms with Crippen LogP contribution in [0.5, 0.6) is 11.5 Å². The molecule has 1 amide bonds. The zero-order valence-electron chi connectivity index (χ0n) is 12.3. The van der Waals surface area contributed by atoms with Crippen LogP contribution in [0.2, 0.25) is 0 Å². The highest BCUT2D eigenvalue weighted by molar-refractivity contribution is 7.15. The Bertz CT molecular complexity index is 813. The fourth-order valence-electron chi connectivity index (χ4n) is 2.48. The standard InChI is InChI=1S/C16H15N3O3S/c20-15(7-11-9-19-5-6-23-16(19)18-11)17-8-12-10-21-13-3-1-2-4-14(13)22-12/h1-6,9,12H,7-8,10H2,(H,17,20). The molecule has 0 saturated heterocycles. The van der Waals surface area contributed by atoms with E-state index in [0.29, 0.717) is 18.9 Å². The lowest BCUT2D eigenvalue weighted by atomic mass is 10.2. The van der Waals surface area contributed by atoms with E-state index in [-0.39, 0.29) is 18.4 Å². The molecule has 0 saturated carbocycles. The number of amides is 1. The van der Waals surface area contributed by atoms with Crippen molar-refractivity contribution in [3.63, 3.8) is 0 Å². The second-order valence-electron chi connectivity index (χ2n) is 5.30. The smallest absolute Gasteiger partial charge is 0.226 e. The fraction of sp³-hybridized carbons (Fsp3) is 0.250. The number of rotatable bonds is 4. The minimum absolute atomic E-state index is 0.0711. The Kier molecular flexibility index (Phi) is 3.63. The summed E-state index contributed by atoms with van der Waals surface area (Å²) >= 11 is 1.55. The van der Waals surface area contributed by atoms with Gasteiger partial charge in [-0.15, -0.1) is 11.3 Å². The SMILES string of the molecule is O=C(Cc1cn2ccsc2n1)NCC1COc2ccccc2O1. The summed E-state index contributed by atoms with van der Waals surface area (Å²) < 4.78 is 13.4. The average Bonchev–Trinajstić information content (AvgIpc) is 3.14. The van der Waals surface area contributed by atoms with Crippen molar-refractivity contribution in [2.75, 3.05) is 13.2 Å². The molecule has 1 atom stereocenters. The van der Waals surface area contributed by atoms with Crippen LogP contribution in [-0.2, 0) is 11.2 Å². The fourth-order valence-corrected chi connectivity index (χ4v) is 3.20. The van der Waals surface area contributed by atoms with E-state index in [1.54, 1.807) is 11.3 Å². The Balaban J connectivity index is 1.31. The highest BCUT2D eigenvalue weighted by atomic mass is 32.1. The zero-order chi connectivity index (χ0) is 15.6. The number of hydrogen-bond acceptors (Lipinski definition) is 5. The minimum atomic E-state index is -0.181. The third-order valence-corrected chi connectivity index (χ3v) is 4.35. The lowest BCUT2D eigenvalue weighted by Crippen LogP contribution is -2.41. The molecule has 23 heavy (non-hydrogen) atoms. The molecule has 7 heteroatoms. The van der Waals surface area contributed by atoms with E-state index in [4.69, 9.17) is 9.47 Å². The average molecular weight is 329 g/mol. The predicted octanol–water partition coefficient (Wildman–Crippen LogP) is 1.89. The second kappa shape index (κ2) is 5.92. The Labute approximate surface area is 136 Å². The van der Waals surface area contributed by atoms with Gasteiger partial charge in [0.25, 0.3) is 0 Å². The number of thiazole rings is 1. The molecule has 4 rings (SSSR count). The van der Waals surface area contributed by atoms with E-state index < -0.39 is 0 Å². The van der Waals surface area contributed by atoms with Gasteiger partial charge in [0, 0.05) is 17.8 Å². The molecule has 1 aromatic carbocycles. The van der Waals surface area contributed by atoms with Gasteiger partial charge >= 0.3 is 0 Å². The maximum atomic E-state index is 12.0. The first kappa shape index (κ1) is 14.1. The Morgan fingerprint density at radius 3 is 3.13 bits per heavy atom. The predicted molar refractivity (Wildman–Crippen MR) is 86.1 cm³/mol. The number of fused-ring (bicyclic) bond motifs is 2. The molecule has 0 radical (unpaired) electrons. The van der Waals surface area contributed by atoms with Crippen LogP contribution in [0.4, 0.5) is 0 Å². The summed E-state index contributed by atoms with van der Waals surface area (Å²) in [6.07, 6.45) is 3.89. The number of benzene rings is 1. The van der Waals surface area contributed by atoms with Crippen LogP contribution in [0.3, 0.4) is 0 Å².